The molecule has 6 nitrogen and oxygen atoms in total. The number of imidazole rings is 1. The fraction of sp³-hybridized carbons (Fsp3) is 0.222. The Hall–Kier alpha value is -3.52. The summed E-state index contributed by atoms with van der Waals surface area (Å²) in [5.74, 6) is 1.36. The number of aryl methyl sites for hydroxylation is 1. The van der Waals surface area contributed by atoms with Crippen LogP contribution in [-0.2, 0) is 13.0 Å². The van der Waals surface area contributed by atoms with Crippen LogP contribution in [0.4, 0.5) is 10.3 Å². The van der Waals surface area contributed by atoms with E-state index in [2.05, 4.69) is 65.8 Å². The van der Waals surface area contributed by atoms with Crippen molar-refractivity contribution in [3.8, 4) is 22.6 Å². The summed E-state index contributed by atoms with van der Waals surface area (Å²) in [6, 6.07) is 17.2. The number of halogens is 2. The van der Waals surface area contributed by atoms with Gasteiger partial charge in [-0.15, -0.1) is 0 Å². The number of nitrogens with zero attached hydrogens (tertiary/aromatic N) is 5. The van der Waals surface area contributed by atoms with Gasteiger partial charge in [-0.25, -0.2) is 19.3 Å². The lowest BCUT2D eigenvalue weighted by Gasteiger charge is -2.19. The third-order valence-electron chi connectivity index (χ3n) is 6.54. The summed E-state index contributed by atoms with van der Waals surface area (Å²) in [7, 11) is 0. The van der Waals surface area contributed by atoms with E-state index in [1.54, 1.807) is 18.3 Å². The van der Waals surface area contributed by atoms with E-state index in [9.17, 15) is 4.39 Å². The van der Waals surface area contributed by atoms with Gasteiger partial charge in [-0.1, -0.05) is 15.9 Å². The second-order valence-corrected chi connectivity index (χ2v) is 9.68. The number of nitrogens with one attached hydrogen (secondary N) is 1. The molecule has 1 atom stereocenters. The summed E-state index contributed by atoms with van der Waals surface area (Å²) in [6.45, 7) is 3.58. The monoisotopic (exact) mass is 530 g/mol. The number of aromatic nitrogens is 5. The zero-order chi connectivity index (χ0) is 23.9. The highest BCUT2D eigenvalue weighted by molar-refractivity contribution is 9.10. The summed E-state index contributed by atoms with van der Waals surface area (Å²) < 4.78 is 19.4. The highest BCUT2D eigenvalue weighted by Gasteiger charge is 2.31. The van der Waals surface area contributed by atoms with Crippen LogP contribution in [0.3, 0.4) is 0 Å². The molecule has 1 aliphatic rings. The topological polar surface area (TPSA) is 60.6 Å². The molecular weight excluding hydrogens is 507 g/mol. The van der Waals surface area contributed by atoms with E-state index in [1.807, 2.05) is 13.0 Å². The van der Waals surface area contributed by atoms with E-state index in [0.29, 0.717) is 5.95 Å². The van der Waals surface area contributed by atoms with Gasteiger partial charge in [-0.3, -0.25) is 0 Å². The number of fused-ring (bicyclic) bond motifs is 2. The van der Waals surface area contributed by atoms with Crippen LogP contribution in [-0.4, -0.2) is 30.6 Å². The highest BCUT2D eigenvalue weighted by atomic mass is 79.9. The second-order valence-electron chi connectivity index (χ2n) is 8.76. The Balaban J connectivity index is 1.47. The Bertz CT molecular complexity index is 1520. The molecule has 0 bridgehead atoms. The highest BCUT2D eigenvalue weighted by Crippen LogP contribution is 2.40. The third-order valence-corrected chi connectivity index (χ3v) is 7.03. The Morgan fingerprint density at radius 2 is 1.94 bits per heavy atom. The van der Waals surface area contributed by atoms with Crippen LogP contribution < -0.4 is 5.32 Å². The molecule has 1 aliphatic heterocycles. The lowest BCUT2D eigenvalue weighted by molar-refractivity contribution is 0.459. The van der Waals surface area contributed by atoms with Crippen molar-refractivity contribution in [3.63, 3.8) is 0 Å². The van der Waals surface area contributed by atoms with Crippen LogP contribution in [0.1, 0.15) is 25.2 Å². The molecule has 2 aromatic carbocycles. The second kappa shape index (κ2) is 8.92. The van der Waals surface area contributed by atoms with Gasteiger partial charge in [-0.2, -0.15) is 0 Å². The van der Waals surface area contributed by atoms with Crippen molar-refractivity contribution in [1.82, 2.24) is 24.1 Å². The molecule has 8 heteroatoms. The summed E-state index contributed by atoms with van der Waals surface area (Å²) >= 11 is 3.57. The van der Waals surface area contributed by atoms with Crippen LogP contribution in [0.5, 0.6) is 0 Å². The fourth-order valence-corrected chi connectivity index (χ4v) is 5.37. The molecule has 0 spiro atoms. The number of rotatable bonds is 6. The molecule has 1 N–H and O–H groups in total. The standard InChI is InChI=1S/C27H24BrFN6/c1-2-30-27-31-13-11-22(32-27)26-25(17-3-6-20(29)7-4-17)33-24-10-8-21(35(24)26)16-34-14-12-18-15-19(28)5-9-23(18)34/h3-7,9,11-15,21H,2,8,10,16H2,1H3,(H,30,31,32)/t21-/m0/s1. The lowest BCUT2D eigenvalue weighted by Crippen LogP contribution is -2.14. The molecule has 0 saturated carbocycles. The number of benzene rings is 2. The minimum atomic E-state index is -0.262. The molecule has 0 radical (unpaired) electrons. The Labute approximate surface area is 211 Å². The molecule has 176 valence electrons. The maximum atomic E-state index is 13.7. The first kappa shape index (κ1) is 22.0. The van der Waals surface area contributed by atoms with Gasteiger partial charge in [0.15, 0.2) is 0 Å². The number of hydrogen-bond acceptors (Lipinski definition) is 4. The maximum Gasteiger partial charge on any atom is 0.223 e. The van der Waals surface area contributed by atoms with Crippen LogP contribution in [0.15, 0.2) is 71.5 Å². The van der Waals surface area contributed by atoms with Gasteiger partial charge in [0, 0.05) is 52.8 Å². The minimum Gasteiger partial charge on any atom is -0.354 e. The molecule has 0 aliphatic carbocycles. The van der Waals surface area contributed by atoms with Gasteiger partial charge in [0.25, 0.3) is 0 Å². The van der Waals surface area contributed by atoms with Crippen molar-refractivity contribution in [2.24, 2.45) is 0 Å². The smallest absolute Gasteiger partial charge is 0.223 e. The summed E-state index contributed by atoms with van der Waals surface area (Å²) in [5.41, 5.74) is 4.67. The Kier molecular flexibility index (Phi) is 5.60. The van der Waals surface area contributed by atoms with E-state index in [1.165, 1.54) is 23.0 Å². The average Bonchev–Trinajstić information content (AvgIpc) is 3.54. The molecule has 0 fully saturated rings. The van der Waals surface area contributed by atoms with Crippen molar-refractivity contribution < 1.29 is 4.39 Å². The fourth-order valence-electron chi connectivity index (χ4n) is 4.99. The summed E-state index contributed by atoms with van der Waals surface area (Å²) in [6.07, 6.45) is 5.81. The predicted octanol–water partition coefficient (Wildman–Crippen LogP) is 6.48. The van der Waals surface area contributed by atoms with E-state index in [0.717, 1.165) is 58.9 Å². The van der Waals surface area contributed by atoms with Crippen molar-refractivity contribution >= 4 is 32.8 Å². The van der Waals surface area contributed by atoms with Gasteiger partial charge in [0.1, 0.15) is 11.6 Å². The zero-order valence-electron chi connectivity index (χ0n) is 19.2. The largest absolute Gasteiger partial charge is 0.354 e. The van der Waals surface area contributed by atoms with Gasteiger partial charge in [-0.05, 0) is 67.9 Å². The van der Waals surface area contributed by atoms with Crippen molar-refractivity contribution in [1.29, 1.82) is 0 Å². The Morgan fingerprint density at radius 3 is 2.77 bits per heavy atom. The van der Waals surface area contributed by atoms with Crippen LogP contribution in [0, 0.1) is 5.82 Å². The minimum absolute atomic E-state index is 0.221. The van der Waals surface area contributed by atoms with Gasteiger partial charge in [0.2, 0.25) is 5.95 Å². The SMILES string of the molecule is CCNc1nccc(-c2c(-c3ccc(F)cc3)nc3n2[C@H](Cn2ccc4cc(Br)ccc42)CC3)n1. The Morgan fingerprint density at radius 1 is 1.09 bits per heavy atom. The van der Waals surface area contributed by atoms with Crippen molar-refractivity contribution in [2.75, 3.05) is 11.9 Å². The lowest BCUT2D eigenvalue weighted by atomic mass is 10.1. The molecule has 0 saturated heterocycles. The van der Waals surface area contributed by atoms with Crippen LogP contribution in [0.25, 0.3) is 33.5 Å². The van der Waals surface area contributed by atoms with Crippen LogP contribution >= 0.6 is 15.9 Å². The zero-order valence-corrected chi connectivity index (χ0v) is 20.8. The van der Waals surface area contributed by atoms with Crippen molar-refractivity contribution in [3.05, 3.63) is 83.1 Å². The van der Waals surface area contributed by atoms with E-state index >= 15 is 0 Å². The summed E-state index contributed by atoms with van der Waals surface area (Å²) in [4.78, 5) is 14.2. The number of anilines is 1. The van der Waals surface area contributed by atoms with Crippen LogP contribution in [0.2, 0.25) is 0 Å². The summed E-state index contributed by atoms with van der Waals surface area (Å²) in [5, 5.41) is 4.42. The van der Waals surface area contributed by atoms with E-state index < -0.39 is 0 Å². The number of hydrogen-bond donors (Lipinski definition) is 1. The first-order valence-corrected chi connectivity index (χ1v) is 12.6. The molecule has 0 unspecified atom stereocenters. The van der Waals surface area contributed by atoms with Crippen molar-refractivity contribution in [2.45, 2.75) is 32.4 Å². The van der Waals surface area contributed by atoms with Gasteiger partial charge >= 0.3 is 0 Å². The van der Waals surface area contributed by atoms with E-state index in [-0.39, 0.29) is 11.9 Å². The third kappa shape index (κ3) is 4.01. The first-order valence-electron chi connectivity index (χ1n) is 11.8. The molecule has 3 aromatic heterocycles. The molecule has 5 aromatic rings. The molecular formula is C27H24BrFN6. The van der Waals surface area contributed by atoms with Gasteiger partial charge in [0.05, 0.1) is 23.1 Å². The molecule has 4 heterocycles. The maximum absolute atomic E-state index is 13.7. The molecule has 0 amide bonds. The quantitative estimate of drug-likeness (QED) is 0.273. The first-order chi connectivity index (χ1) is 17.1. The average molecular weight is 531 g/mol. The molecule has 6 rings (SSSR count). The molecule has 35 heavy (non-hydrogen) atoms. The normalized spacial score (nSPS) is 15.0. The predicted molar refractivity (Wildman–Crippen MR) is 140 cm³/mol. The van der Waals surface area contributed by atoms with Gasteiger partial charge < -0.3 is 14.5 Å². The van der Waals surface area contributed by atoms with E-state index in [4.69, 9.17) is 9.97 Å².